The lowest BCUT2D eigenvalue weighted by Crippen LogP contribution is -2.59. The van der Waals surface area contributed by atoms with Crippen molar-refractivity contribution in [2.24, 2.45) is 0 Å². The normalized spacial score (nSPS) is 14.5. The van der Waals surface area contributed by atoms with Crippen molar-refractivity contribution in [2.75, 3.05) is 18.5 Å². The van der Waals surface area contributed by atoms with Gasteiger partial charge in [0.1, 0.15) is 4.50 Å². The van der Waals surface area contributed by atoms with Gasteiger partial charge in [-0.25, -0.2) is 0 Å². The molecule has 3 nitrogen and oxygen atoms in total. The quantitative estimate of drug-likeness (QED) is 0.439. The molecule has 0 spiro atoms. The third kappa shape index (κ3) is 5.13. The first-order valence-electron chi connectivity index (χ1n) is 7.44. The number of amides is 1. The van der Waals surface area contributed by atoms with Gasteiger partial charge in [-0.1, -0.05) is 51.2 Å². The predicted molar refractivity (Wildman–Crippen MR) is 92.7 cm³/mol. The van der Waals surface area contributed by atoms with Gasteiger partial charge in [0.25, 0.3) is 0 Å². The van der Waals surface area contributed by atoms with Gasteiger partial charge in [0.15, 0.2) is 0 Å². The van der Waals surface area contributed by atoms with Crippen LogP contribution in [0, 0.1) is 0 Å². The Balaban J connectivity index is 2.79. The lowest BCUT2D eigenvalue weighted by atomic mass is 10.3. The van der Waals surface area contributed by atoms with Crippen molar-refractivity contribution in [1.29, 1.82) is 0 Å². The number of rotatable bonds is 8. The average molecular weight is 328 g/mol. The summed E-state index contributed by atoms with van der Waals surface area (Å²) in [4.78, 5) is 12.7. The van der Waals surface area contributed by atoms with E-state index in [1.165, 1.54) is 0 Å². The van der Waals surface area contributed by atoms with Crippen LogP contribution in [0.3, 0.4) is 0 Å². The summed E-state index contributed by atoms with van der Waals surface area (Å²) in [6.45, 7) is 9.30. The van der Waals surface area contributed by atoms with E-state index >= 15 is 0 Å². The number of anilines is 1. The Hall–Kier alpha value is -0.843. The number of hydrogen-bond donors (Lipinski definition) is 1. The van der Waals surface area contributed by atoms with Crippen LogP contribution in [0.5, 0.6) is 0 Å². The molecule has 1 amide bonds. The van der Waals surface area contributed by atoms with Crippen LogP contribution in [0.4, 0.5) is 5.69 Å². The van der Waals surface area contributed by atoms with Gasteiger partial charge < -0.3 is 10.1 Å². The van der Waals surface area contributed by atoms with E-state index in [4.69, 9.17) is 16.3 Å². The van der Waals surface area contributed by atoms with Crippen LogP contribution < -0.4 is 5.32 Å². The fourth-order valence-electron chi connectivity index (χ4n) is 1.83. The molecule has 1 unspecified atom stereocenters. The number of unbranched alkanes of at least 4 members (excludes halogenated alkanes) is 1. The average Bonchev–Trinajstić information content (AvgIpc) is 2.43. The van der Waals surface area contributed by atoms with Crippen molar-refractivity contribution in [1.82, 2.24) is 0 Å². The monoisotopic (exact) mass is 327 g/mol. The highest BCUT2D eigenvalue weighted by Gasteiger charge is 2.48. The Bertz CT molecular complexity index is 447. The summed E-state index contributed by atoms with van der Waals surface area (Å²) in [5, 5.41) is 2.91. The SMILES string of the molecule is CCCCOCC(Cl)(C(=O)Nc1ccccc1)[Si](C)(C)C. The summed E-state index contributed by atoms with van der Waals surface area (Å²) in [5.74, 6) is -0.161. The van der Waals surface area contributed by atoms with Gasteiger partial charge in [0.05, 0.1) is 14.7 Å². The van der Waals surface area contributed by atoms with Crippen LogP contribution in [-0.4, -0.2) is 31.7 Å². The van der Waals surface area contributed by atoms with E-state index in [1.54, 1.807) is 0 Å². The van der Waals surface area contributed by atoms with Gasteiger partial charge in [-0.2, -0.15) is 0 Å². The number of benzene rings is 1. The lowest BCUT2D eigenvalue weighted by molar-refractivity contribution is -0.118. The van der Waals surface area contributed by atoms with Crippen molar-refractivity contribution in [3.05, 3.63) is 30.3 Å². The topological polar surface area (TPSA) is 38.3 Å². The molecule has 0 aromatic heterocycles. The maximum absolute atomic E-state index is 12.7. The first-order valence-corrected chi connectivity index (χ1v) is 11.3. The minimum atomic E-state index is -1.96. The van der Waals surface area contributed by atoms with Crippen LogP contribution in [0.15, 0.2) is 30.3 Å². The molecule has 0 saturated heterocycles. The molecule has 1 aromatic carbocycles. The zero-order valence-electron chi connectivity index (χ0n) is 13.4. The number of halogens is 1. The summed E-state index contributed by atoms with van der Waals surface area (Å²) >= 11 is 6.72. The number of ether oxygens (including phenoxy) is 1. The summed E-state index contributed by atoms with van der Waals surface area (Å²) in [6.07, 6.45) is 2.05. The minimum absolute atomic E-state index is 0.161. The zero-order valence-corrected chi connectivity index (χ0v) is 15.2. The molecule has 0 radical (unpaired) electrons. The Morgan fingerprint density at radius 3 is 2.43 bits per heavy atom. The fraction of sp³-hybridized carbons (Fsp3) is 0.562. The molecule has 118 valence electrons. The van der Waals surface area contributed by atoms with Crippen molar-refractivity contribution in [2.45, 2.75) is 43.9 Å². The highest BCUT2D eigenvalue weighted by molar-refractivity contribution is 6.90. The largest absolute Gasteiger partial charge is 0.379 e. The first-order chi connectivity index (χ1) is 9.81. The number of hydrogen-bond acceptors (Lipinski definition) is 2. The molecule has 5 heteroatoms. The van der Waals surface area contributed by atoms with Crippen molar-refractivity contribution >= 4 is 31.3 Å². The molecule has 1 rings (SSSR count). The third-order valence-electron chi connectivity index (χ3n) is 3.52. The van der Waals surface area contributed by atoms with Crippen LogP contribution in [0.2, 0.25) is 19.6 Å². The van der Waals surface area contributed by atoms with Crippen LogP contribution >= 0.6 is 11.6 Å². The van der Waals surface area contributed by atoms with Crippen molar-refractivity contribution in [3.8, 4) is 0 Å². The van der Waals surface area contributed by atoms with E-state index in [0.29, 0.717) is 6.61 Å². The van der Waals surface area contributed by atoms with Gasteiger partial charge in [0, 0.05) is 12.3 Å². The minimum Gasteiger partial charge on any atom is -0.379 e. The molecule has 0 aliphatic heterocycles. The second-order valence-corrected chi connectivity index (χ2v) is 12.6. The van der Waals surface area contributed by atoms with Gasteiger partial charge in [0.2, 0.25) is 5.91 Å². The molecule has 0 heterocycles. The van der Waals surface area contributed by atoms with Crippen molar-refractivity contribution in [3.63, 3.8) is 0 Å². The standard InChI is InChI=1S/C16H26ClNO2Si/c1-5-6-12-20-13-16(17,21(2,3)4)15(19)18-14-10-8-7-9-11-14/h7-11H,5-6,12-13H2,1-4H3,(H,18,19). The maximum atomic E-state index is 12.7. The van der Waals surface area contributed by atoms with E-state index in [2.05, 4.69) is 31.9 Å². The molecule has 0 fully saturated rings. The maximum Gasteiger partial charge on any atom is 0.244 e. The molecule has 0 aliphatic carbocycles. The molecule has 1 aromatic rings. The highest BCUT2D eigenvalue weighted by atomic mass is 35.5. The molecule has 21 heavy (non-hydrogen) atoms. The van der Waals surface area contributed by atoms with E-state index in [1.807, 2.05) is 30.3 Å². The Kier molecular flexibility index (Phi) is 6.91. The second kappa shape index (κ2) is 7.97. The third-order valence-corrected chi connectivity index (χ3v) is 8.25. The molecule has 0 saturated carbocycles. The smallest absolute Gasteiger partial charge is 0.244 e. The summed E-state index contributed by atoms with van der Waals surface area (Å²) in [5.41, 5.74) is 0.763. The Morgan fingerprint density at radius 1 is 1.29 bits per heavy atom. The van der Waals surface area contributed by atoms with E-state index in [-0.39, 0.29) is 12.5 Å². The molecule has 1 atom stereocenters. The van der Waals surface area contributed by atoms with Crippen LogP contribution in [0.25, 0.3) is 0 Å². The number of alkyl halides is 1. The fourth-order valence-corrected chi connectivity index (χ4v) is 3.24. The predicted octanol–water partition coefficient (Wildman–Crippen LogP) is 4.30. The Morgan fingerprint density at radius 2 is 1.90 bits per heavy atom. The number of para-hydroxylation sites is 1. The van der Waals surface area contributed by atoms with Gasteiger partial charge >= 0.3 is 0 Å². The second-order valence-electron chi connectivity index (χ2n) is 6.28. The van der Waals surface area contributed by atoms with Crippen molar-refractivity contribution < 1.29 is 9.53 Å². The van der Waals surface area contributed by atoms with Gasteiger partial charge in [-0.15, -0.1) is 11.6 Å². The zero-order chi connectivity index (χ0) is 15.9. The molecular weight excluding hydrogens is 302 g/mol. The Labute approximate surface area is 134 Å². The number of nitrogens with one attached hydrogen (secondary N) is 1. The van der Waals surface area contributed by atoms with E-state index in [0.717, 1.165) is 18.5 Å². The molecular formula is C16H26ClNO2Si. The van der Waals surface area contributed by atoms with E-state index < -0.39 is 12.6 Å². The summed E-state index contributed by atoms with van der Waals surface area (Å²) in [7, 11) is -1.96. The van der Waals surface area contributed by atoms with Gasteiger partial charge in [-0.3, -0.25) is 4.79 Å². The summed E-state index contributed by atoms with van der Waals surface area (Å²) in [6, 6.07) is 9.40. The number of carbonyl (C=O) groups excluding carboxylic acids is 1. The molecule has 0 aliphatic rings. The van der Waals surface area contributed by atoms with Crippen LogP contribution in [0.1, 0.15) is 19.8 Å². The van der Waals surface area contributed by atoms with Crippen LogP contribution in [-0.2, 0) is 9.53 Å². The summed E-state index contributed by atoms with van der Waals surface area (Å²) < 4.78 is 4.70. The first kappa shape index (κ1) is 18.2. The van der Waals surface area contributed by atoms with Gasteiger partial charge in [-0.05, 0) is 18.6 Å². The van der Waals surface area contributed by atoms with E-state index in [9.17, 15) is 4.79 Å². The number of carbonyl (C=O) groups is 1. The molecule has 0 bridgehead atoms. The molecule has 1 N–H and O–H groups in total. The lowest BCUT2D eigenvalue weighted by Gasteiger charge is -2.36. The highest BCUT2D eigenvalue weighted by Crippen LogP contribution is 2.30.